The summed E-state index contributed by atoms with van der Waals surface area (Å²) < 4.78 is 25.8. The van der Waals surface area contributed by atoms with Crippen LogP contribution in [0, 0.1) is 23.0 Å². The molecule has 0 unspecified atom stereocenters. The summed E-state index contributed by atoms with van der Waals surface area (Å²) >= 11 is 0. The fourth-order valence-corrected chi connectivity index (χ4v) is 1.39. The molecule has 0 amide bonds. The third kappa shape index (κ3) is 1.75. The molecule has 1 heterocycles. The Balaban J connectivity index is 2.60. The van der Waals surface area contributed by atoms with Crippen LogP contribution in [0.4, 0.5) is 8.78 Å². The van der Waals surface area contributed by atoms with E-state index in [4.69, 9.17) is 5.26 Å². The number of benzene rings is 1. The molecule has 0 atom stereocenters. The highest BCUT2D eigenvalue weighted by atomic mass is 19.2. The summed E-state index contributed by atoms with van der Waals surface area (Å²) in [6, 6.07) is 8.66. The lowest BCUT2D eigenvalue weighted by molar-refractivity contribution is 0.509. The van der Waals surface area contributed by atoms with E-state index < -0.39 is 11.6 Å². The number of halogens is 2. The lowest BCUT2D eigenvalue weighted by atomic mass is 10.0. The van der Waals surface area contributed by atoms with Crippen LogP contribution in [0.1, 0.15) is 5.69 Å². The number of nitriles is 1. The van der Waals surface area contributed by atoms with E-state index >= 15 is 0 Å². The molecule has 0 saturated heterocycles. The highest BCUT2D eigenvalue weighted by Gasteiger charge is 2.08. The smallest absolute Gasteiger partial charge is 0.159 e. The Morgan fingerprint density at radius 1 is 1.12 bits per heavy atom. The molecule has 78 valence electrons. The predicted molar refractivity (Wildman–Crippen MR) is 54.3 cm³/mol. The molecule has 2 aromatic rings. The third-order valence-electron chi connectivity index (χ3n) is 2.14. The number of aromatic nitrogens is 1. The van der Waals surface area contributed by atoms with E-state index in [0.717, 1.165) is 12.1 Å². The molecule has 1 aromatic heterocycles. The zero-order valence-electron chi connectivity index (χ0n) is 8.11. The van der Waals surface area contributed by atoms with Gasteiger partial charge in [-0.3, -0.25) is 0 Å². The average Bonchev–Trinajstić information content (AvgIpc) is 2.32. The first-order chi connectivity index (χ1) is 7.72. The van der Waals surface area contributed by atoms with Crippen molar-refractivity contribution in [2.75, 3.05) is 0 Å². The lowest BCUT2D eigenvalue weighted by Gasteiger charge is -2.03. The van der Waals surface area contributed by atoms with Crippen molar-refractivity contribution in [2.45, 2.75) is 0 Å². The number of hydrogen-bond acceptors (Lipinski definition) is 2. The summed E-state index contributed by atoms with van der Waals surface area (Å²) in [4.78, 5) is 3.85. The normalized spacial score (nSPS) is 9.81. The Hall–Kier alpha value is -2.28. The van der Waals surface area contributed by atoms with Crippen LogP contribution in [0.5, 0.6) is 0 Å². The van der Waals surface area contributed by atoms with E-state index in [9.17, 15) is 8.78 Å². The monoisotopic (exact) mass is 216 g/mol. The molecule has 0 spiro atoms. The molecule has 0 aliphatic heterocycles. The molecule has 1 aromatic carbocycles. The molecule has 0 bridgehead atoms. The van der Waals surface area contributed by atoms with Crippen molar-refractivity contribution in [1.82, 2.24) is 4.98 Å². The Kier molecular flexibility index (Phi) is 2.61. The molecular formula is C12H6F2N2. The molecule has 0 radical (unpaired) electrons. The van der Waals surface area contributed by atoms with Gasteiger partial charge < -0.3 is 0 Å². The van der Waals surface area contributed by atoms with Gasteiger partial charge in [-0.2, -0.15) is 5.26 Å². The van der Waals surface area contributed by atoms with Crippen molar-refractivity contribution in [3.05, 3.63) is 53.9 Å². The van der Waals surface area contributed by atoms with E-state index in [1.54, 1.807) is 12.1 Å². The molecular weight excluding hydrogens is 210 g/mol. The van der Waals surface area contributed by atoms with Gasteiger partial charge in [0.2, 0.25) is 0 Å². The Morgan fingerprint density at radius 2 is 1.94 bits per heavy atom. The summed E-state index contributed by atoms with van der Waals surface area (Å²) in [5.41, 5.74) is 1.11. The van der Waals surface area contributed by atoms with E-state index in [1.807, 2.05) is 6.07 Å². The maximum absolute atomic E-state index is 13.0. The minimum Gasteiger partial charge on any atom is -0.245 e. The summed E-state index contributed by atoms with van der Waals surface area (Å²) in [6.07, 6.45) is 1.47. The van der Waals surface area contributed by atoms with Gasteiger partial charge in [0.1, 0.15) is 11.8 Å². The fraction of sp³-hybridized carbons (Fsp3) is 0. The molecule has 2 nitrogen and oxygen atoms in total. The van der Waals surface area contributed by atoms with E-state index in [-0.39, 0.29) is 5.69 Å². The van der Waals surface area contributed by atoms with Crippen LogP contribution < -0.4 is 0 Å². The van der Waals surface area contributed by atoms with Gasteiger partial charge in [-0.15, -0.1) is 0 Å². The highest BCUT2D eigenvalue weighted by molar-refractivity contribution is 5.68. The van der Waals surface area contributed by atoms with Gasteiger partial charge in [0.25, 0.3) is 0 Å². The maximum Gasteiger partial charge on any atom is 0.159 e. The van der Waals surface area contributed by atoms with Crippen molar-refractivity contribution in [3.8, 4) is 17.2 Å². The van der Waals surface area contributed by atoms with Crippen molar-refractivity contribution in [1.29, 1.82) is 5.26 Å². The first kappa shape index (κ1) is 10.2. The SMILES string of the molecule is N#Cc1ncccc1-c1ccc(F)c(F)c1. The van der Waals surface area contributed by atoms with Gasteiger partial charge in [0.15, 0.2) is 11.6 Å². The second-order valence-electron chi connectivity index (χ2n) is 3.14. The number of hydrogen-bond donors (Lipinski definition) is 0. The summed E-state index contributed by atoms with van der Waals surface area (Å²) in [7, 11) is 0. The number of nitrogens with zero attached hydrogens (tertiary/aromatic N) is 2. The lowest BCUT2D eigenvalue weighted by Crippen LogP contribution is -1.90. The van der Waals surface area contributed by atoms with E-state index in [0.29, 0.717) is 11.1 Å². The van der Waals surface area contributed by atoms with Crippen LogP contribution in [-0.4, -0.2) is 4.98 Å². The maximum atomic E-state index is 13.0. The second kappa shape index (κ2) is 4.07. The molecule has 0 N–H and O–H groups in total. The Bertz CT molecular complexity index is 573. The third-order valence-corrected chi connectivity index (χ3v) is 2.14. The standard InChI is InChI=1S/C12H6F2N2/c13-10-4-3-8(6-11(10)14)9-2-1-5-16-12(9)7-15/h1-6H. The van der Waals surface area contributed by atoms with Crippen molar-refractivity contribution < 1.29 is 8.78 Å². The number of rotatable bonds is 1. The van der Waals surface area contributed by atoms with E-state index in [2.05, 4.69) is 4.98 Å². The summed E-state index contributed by atoms with van der Waals surface area (Å²) in [6.45, 7) is 0. The zero-order valence-corrected chi connectivity index (χ0v) is 8.11. The summed E-state index contributed by atoms with van der Waals surface area (Å²) in [5.74, 6) is -1.85. The van der Waals surface area contributed by atoms with Gasteiger partial charge >= 0.3 is 0 Å². The van der Waals surface area contributed by atoms with Crippen LogP contribution in [0.2, 0.25) is 0 Å². The van der Waals surface area contributed by atoms with Crippen LogP contribution in [0.15, 0.2) is 36.5 Å². The first-order valence-electron chi connectivity index (χ1n) is 4.53. The summed E-state index contributed by atoms with van der Waals surface area (Å²) in [5, 5.41) is 8.82. The van der Waals surface area contributed by atoms with Crippen LogP contribution in [0.25, 0.3) is 11.1 Å². The van der Waals surface area contributed by atoms with E-state index in [1.165, 1.54) is 12.3 Å². The molecule has 0 aliphatic carbocycles. The van der Waals surface area contributed by atoms with Gasteiger partial charge in [-0.1, -0.05) is 6.07 Å². The largest absolute Gasteiger partial charge is 0.245 e. The number of pyridine rings is 1. The quantitative estimate of drug-likeness (QED) is 0.734. The second-order valence-corrected chi connectivity index (χ2v) is 3.14. The van der Waals surface area contributed by atoms with Crippen molar-refractivity contribution >= 4 is 0 Å². The molecule has 16 heavy (non-hydrogen) atoms. The van der Waals surface area contributed by atoms with Gasteiger partial charge in [-0.05, 0) is 29.8 Å². The fourth-order valence-electron chi connectivity index (χ4n) is 1.39. The van der Waals surface area contributed by atoms with Crippen molar-refractivity contribution in [3.63, 3.8) is 0 Å². The van der Waals surface area contributed by atoms with Gasteiger partial charge in [0.05, 0.1) is 0 Å². The minimum atomic E-state index is -0.940. The molecule has 0 fully saturated rings. The first-order valence-corrected chi connectivity index (χ1v) is 4.53. The molecule has 0 saturated carbocycles. The minimum absolute atomic E-state index is 0.188. The van der Waals surface area contributed by atoms with Crippen LogP contribution in [-0.2, 0) is 0 Å². The van der Waals surface area contributed by atoms with Crippen molar-refractivity contribution in [2.24, 2.45) is 0 Å². The van der Waals surface area contributed by atoms with Gasteiger partial charge in [-0.25, -0.2) is 13.8 Å². The molecule has 0 aliphatic rings. The Labute approximate surface area is 90.8 Å². The van der Waals surface area contributed by atoms with Crippen LogP contribution in [0.3, 0.4) is 0 Å². The molecule has 4 heteroatoms. The topological polar surface area (TPSA) is 36.7 Å². The molecule has 2 rings (SSSR count). The zero-order chi connectivity index (χ0) is 11.5. The average molecular weight is 216 g/mol. The Morgan fingerprint density at radius 3 is 2.62 bits per heavy atom. The van der Waals surface area contributed by atoms with Gasteiger partial charge in [0, 0.05) is 11.8 Å². The van der Waals surface area contributed by atoms with Crippen LogP contribution >= 0.6 is 0 Å². The highest BCUT2D eigenvalue weighted by Crippen LogP contribution is 2.23. The predicted octanol–water partition coefficient (Wildman–Crippen LogP) is 2.90.